The number of carboxylic acid groups (broad SMARTS) is 1. The fraction of sp³-hybridized carbons (Fsp3) is 0.500. The van der Waals surface area contributed by atoms with Gasteiger partial charge in [0.25, 0.3) is 5.91 Å². The highest BCUT2D eigenvalue weighted by Crippen LogP contribution is 2.35. The number of nitriles is 1. The highest BCUT2D eigenvalue weighted by Gasteiger charge is 2.39. The van der Waals surface area contributed by atoms with Crippen molar-refractivity contribution < 1.29 is 24.2 Å². The average molecular weight is 653 g/mol. The highest BCUT2D eigenvalue weighted by atomic mass is 79.9. The van der Waals surface area contributed by atoms with Crippen LogP contribution in [0.5, 0.6) is 5.75 Å². The number of ether oxygens (including phenoxy) is 1. The quantitative estimate of drug-likeness (QED) is 0.439. The molecule has 1 aliphatic carbocycles. The largest absolute Gasteiger partial charge is 0.477 e. The number of amides is 3. The van der Waals surface area contributed by atoms with E-state index in [1.54, 1.807) is 30.9 Å². The molecule has 11 heteroatoms. The van der Waals surface area contributed by atoms with Crippen LogP contribution in [0.25, 0.3) is 0 Å². The number of anilines is 1. The summed E-state index contributed by atoms with van der Waals surface area (Å²) in [4.78, 5) is 45.6. The maximum atomic E-state index is 13.8. The summed E-state index contributed by atoms with van der Waals surface area (Å²) in [6.07, 6.45) is 2.78. The lowest BCUT2D eigenvalue weighted by Crippen LogP contribution is -2.56. The minimum atomic E-state index is -1.27. The summed E-state index contributed by atoms with van der Waals surface area (Å²) in [5.41, 5.74) is 1.01. The van der Waals surface area contributed by atoms with Crippen molar-refractivity contribution in [2.45, 2.75) is 57.7 Å². The van der Waals surface area contributed by atoms with Gasteiger partial charge in [-0.2, -0.15) is 5.26 Å². The minimum absolute atomic E-state index is 0.132. The SMILES string of the molecule is CC(C)(Oc1cc(N2CCC[C@@H](C(=O)N(Cc3ccc(Br)cc3)C3CC3)C2)ccc1C#N)C(=O)N1CCN(C(=O)O)CC1. The first-order valence-electron chi connectivity index (χ1n) is 14.9. The van der Waals surface area contributed by atoms with E-state index in [0.717, 1.165) is 48.0 Å². The molecule has 2 saturated heterocycles. The first-order valence-corrected chi connectivity index (χ1v) is 15.7. The summed E-state index contributed by atoms with van der Waals surface area (Å²) in [5.74, 6) is 0.106. The Morgan fingerprint density at radius 2 is 1.70 bits per heavy atom. The Balaban J connectivity index is 1.27. The number of rotatable bonds is 8. The van der Waals surface area contributed by atoms with Gasteiger partial charge in [-0.15, -0.1) is 0 Å². The van der Waals surface area contributed by atoms with Crippen LogP contribution >= 0.6 is 15.9 Å². The van der Waals surface area contributed by atoms with Gasteiger partial charge >= 0.3 is 6.09 Å². The second kappa shape index (κ2) is 12.8. The molecule has 10 nitrogen and oxygen atoms in total. The van der Waals surface area contributed by atoms with E-state index in [9.17, 15) is 24.8 Å². The number of carbonyl (C=O) groups is 3. The molecule has 0 radical (unpaired) electrons. The molecule has 1 N–H and O–H groups in total. The summed E-state index contributed by atoms with van der Waals surface area (Å²) in [6, 6.07) is 16.0. The van der Waals surface area contributed by atoms with E-state index in [1.165, 1.54) is 4.90 Å². The molecule has 228 valence electrons. The van der Waals surface area contributed by atoms with Crippen LogP contribution in [0.1, 0.15) is 50.7 Å². The number of benzene rings is 2. The van der Waals surface area contributed by atoms with Gasteiger partial charge in [-0.3, -0.25) is 9.59 Å². The number of nitrogens with zero attached hydrogens (tertiary/aromatic N) is 5. The summed E-state index contributed by atoms with van der Waals surface area (Å²) in [5, 5.41) is 19.0. The summed E-state index contributed by atoms with van der Waals surface area (Å²) in [6.45, 7) is 6.35. The second-order valence-electron chi connectivity index (χ2n) is 12.1. The molecule has 3 aliphatic rings. The van der Waals surface area contributed by atoms with Gasteiger partial charge in [0.15, 0.2) is 5.60 Å². The number of hydrogen-bond acceptors (Lipinski definition) is 6. The third kappa shape index (κ3) is 7.24. The molecule has 0 unspecified atom stereocenters. The standard InChI is InChI=1S/C32H38BrN5O5/c1-32(2,30(40)35-14-16-36(17-15-35)31(41)42)43-28-18-27(10-7-23(28)19-34)37-13-3-4-24(21-37)29(39)38(26-11-12-26)20-22-5-8-25(33)9-6-22/h5-10,18,24,26H,3-4,11-17,20-21H2,1-2H3,(H,41,42)/t24-/m1/s1. The third-order valence-corrected chi connectivity index (χ3v) is 9.00. The molecular formula is C32H38BrN5O5. The van der Waals surface area contributed by atoms with Crippen molar-refractivity contribution in [1.82, 2.24) is 14.7 Å². The van der Waals surface area contributed by atoms with Crippen molar-refractivity contribution in [3.8, 4) is 11.8 Å². The summed E-state index contributed by atoms with van der Waals surface area (Å²) < 4.78 is 7.24. The Labute approximate surface area is 260 Å². The van der Waals surface area contributed by atoms with Crippen molar-refractivity contribution in [1.29, 1.82) is 5.26 Å². The maximum absolute atomic E-state index is 13.8. The van der Waals surface area contributed by atoms with Crippen molar-refractivity contribution in [2.75, 3.05) is 44.2 Å². The van der Waals surface area contributed by atoms with E-state index in [2.05, 4.69) is 43.9 Å². The molecule has 0 aromatic heterocycles. The average Bonchev–Trinajstić information content (AvgIpc) is 3.85. The molecule has 2 heterocycles. The van der Waals surface area contributed by atoms with E-state index >= 15 is 0 Å². The smallest absolute Gasteiger partial charge is 0.407 e. The zero-order valence-corrected chi connectivity index (χ0v) is 26.3. The molecule has 1 atom stereocenters. The number of piperazine rings is 1. The highest BCUT2D eigenvalue weighted by molar-refractivity contribution is 9.10. The van der Waals surface area contributed by atoms with Gasteiger partial charge in [0.05, 0.1) is 11.5 Å². The molecule has 3 fully saturated rings. The van der Waals surface area contributed by atoms with E-state index in [-0.39, 0.29) is 43.9 Å². The van der Waals surface area contributed by atoms with E-state index < -0.39 is 11.7 Å². The van der Waals surface area contributed by atoms with E-state index in [1.807, 2.05) is 18.2 Å². The summed E-state index contributed by atoms with van der Waals surface area (Å²) in [7, 11) is 0. The molecule has 1 saturated carbocycles. The van der Waals surface area contributed by atoms with Crippen LogP contribution in [-0.4, -0.2) is 88.6 Å². The molecule has 3 amide bonds. The van der Waals surface area contributed by atoms with Crippen molar-refractivity contribution in [3.63, 3.8) is 0 Å². The topological polar surface area (TPSA) is 117 Å². The van der Waals surface area contributed by atoms with Crippen molar-refractivity contribution in [3.05, 3.63) is 58.1 Å². The first-order chi connectivity index (χ1) is 20.6. The fourth-order valence-electron chi connectivity index (χ4n) is 5.89. The van der Waals surface area contributed by atoms with Gasteiger partial charge in [-0.05, 0) is 69.4 Å². The molecule has 2 aromatic carbocycles. The van der Waals surface area contributed by atoms with Crippen LogP contribution in [0.3, 0.4) is 0 Å². The zero-order chi connectivity index (χ0) is 30.7. The van der Waals surface area contributed by atoms with Gasteiger partial charge in [-0.1, -0.05) is 28.1 Å². The predicted octanol–water partition coefficient (Wildman–Crippen LogP) is 4.71. The number of hydrogen-bond donors (Lipinski definition) is 1. The van der Waals surface area contributed by atoms with Crippen LogP contribution < -0.4 is 9.64 Å². The molecule has 2 aliphatic heterocycles. The molecule has 0 spiro atoms. The molecular weight excluding hydrogens is 614 g/mol. The number of carbonyl (C=O) groups excluding carboxylic acids is 2. The predicted molar refractivity (Wildman–Crippen MR) is 165 cm³/mol. The van der Waals surface area contributed by atoms with Crippen molar-refractivity contribution in [2.24, 2.45) is 5.92 Å². The molecule has 43 heavy (non-hydrogen) atoms. The van der Waals surface area contributed by atoms with Gasteiger partial charge < -0.3 is 29.4 Å². The van der Waals surface area contributed by atoms with Crippen LogP contribution in [0, 0.1) is 17.2 Å². The van der Waals surface area contributed by atoms with E-state index in [4.69, 9.17) is 4.74 Å². The lowest BCUT2D eigenvalue weighted by Gasteiger charge is -2.38. The fourth-order valence-corrected chi connectivity index (χ4v) is 6.16. The first kappa shape index (κ1) is 30.7. The van der Waals surface area contributed by atoms with Gasteiger partial charge in [0.1, 0.15) is 11.8 Å². The molecule has 5 rings (SSSR count). The second-order valence-corrected chi connectivity index (χ2v) is 13.0. The monoisotopic (exact) mass is 651 g/mol. The van der Waals surface area contributed by atoms with Gasteiger partial charge in [-0.25, -0.2) is 4.79 Å². The maximum Gasteiger partial charge on any atom is 0.407 e. The van der Waals surface area contributed by atoms with Crippen LogP contribution in [-0.2, 0) is 16.1 Å². The Bertz CT molecular complexity index is 1400. The number of piperidine rings is 1. The lowest BCUT2D eigenvalue weighted by atomic mass is 9.95. The molecule has 2 aromatic rings. The van der Waals surface area contributed by atoms with Crippen molar-refractivity contribution >= 4 is 39.5 Å². The van der Waals surface area contributed by atoms with E-state index in [0.29, 0.717) is 30.4 Å². The third-order valence-electron chi connectivity index (χ3n) is 8.48. The Morgan fingerprint density at radius 1 is 1.02 bits per heavy atom. The minimum Gasteiger partial charge on any atom is -0.477 e. The Kier molecular flexibility index (Phi) is 9.16. The van der Waals surface area contributed by atoms with Gasteiger partial charge in [0, 0.05) is 68.1 Å². The van der Waals surface area contributed by atoms with Gasteiger partial charge in [0.2, 0.25) is 5.91 Å². The number of halogens is 1. The van der Waals surface area contributed by atoms with Crippen LogP contribution in [0.15, 0.2) is 46.9 Å². The Hall–Kier alpha value is -3.78. The Morgan fingerprint density at radius 3 is 2.33 bits per heavy atom. The lowest BCUT2D eigenvalue weighted by molar-refractivity contribution is -0.147. The zero-order valence-electron chi connectivity index (χ0n) is 24.7. The molecule has 0 bridgehead atoms. The summed E-state index contributed by atoms with van der Waals surface area (Å²) >= 11 is 3.48. The van der Waals surface area contributed by atoms with Crippen LogP contribution in [0.4, 0.5) is 10.5 Å². The normalized spacial score (nSPS) is 19.0. The van der Waals surface area contributed by atoms with Crippen LogP contribution in [0.2, 0.25) is 0 Å².